The van der Waals surface area contributed by atoms with Gasteiger partial charge in [0.25, 0.3) is 0 Å². The van der Waals surface area contributed by atoms with E-state index in [-0.39, 0.29) is 11.8 Å². The fourth-order valence-corrected chi connectivity index (χ4v) is 6.31. The molecule has 0 saturated carbocycles. The number of aromatic nitrogens is 4. The van der Waals surface area contributed by atoms with Crippen molar-refractivity contribution in [1.82, 2.24) is 30.4 Å². The van der Waals surface area contributed by atoms with Gasteiger partial charge in [0.15, 0.2) is 11.6 Å². The van der Waals surface area contributed by atoms with Gasteiger partial charge in [-0.25, -0.2) is 9.97 Å². The Hall–Kier alpha value is -3.08. The van der Waals surface area contributed by atoms with Crippen LogP contribution in [0.25, 0.3) is 32.5 Å². The highest BCUT2D eigenvalue weighted by Crippen LogP contribution is 2.36. The third kappa shape index (κ3) is 4.37. The molecule has 0 radical (unpaired) electrons. The molecule has 1 amide bonds. The Labute approximate surface area is 207 Å². The lowest BCUT2D eigenvalue weighted by Crippen LogP contribution is -2.41. The van der Waals surface area contributed by atoms with Crippen LogP contribution in [0.2, 0.25) is 0 Å². The minimum absolute atomic E-state index is 0.0638. The quantitative estimate of drug-likeness (QED) is 0.443. The predicted octanol–water partition coefficient (Wildman–Crippen LogP) is 3.03. The van der Waals surface area contributed by atoms with Gasteiger partial charge in [-0.2, -0.15) is 5.10 Å². The molecule has 2 N–H and O–H groups in total. The molecule has 0 spiro atoms. The summed E-state index contributed by atoms with van der Waals surface area (Å²) in [5.41, 5.74) is 2.92. The molecule has 2 saturated heterocycles. The third-order valence-electron chi connectivity index (χ3n) is 6.94. The van der Waals surface area contributed by atoms with Crippen molar-refractivity contribution in [3.8, 4) is 11.4 Å². The lowest BCUT2D eigenvalue weighted by atomic mass is 9.97. The zero-order valence-electron chi connectivity index (χ0n) is 19.8. The number of fused-ring (bicyclic) bond motifs is 2. The van der Waals surface area contributed by atoms with Crippen LogP contribution in [-0.4, -0.2) is 77.4 Å². The molecule has 6 rings (SSSR count). The Morgan fingerprint density at radius 3 is 3.00 bits per heavy atom. The van der Waals surface area contributed by atoms with Crippen LogP contribution in [0.5, 0.6) is 0 Å². The first-order valence-corrected chi connectivity index (χ1v) is 13.0. The molecule has 1 atom stereocenters. The molecule has 10 heteroatoms. The molecular weight excluding hydrogens is 462 g/mol. The van der Waals surface area contributed by atoms with Crippen LogP contribution in [0.4, 0.5) is 5.82 Å². The highest BCUT2D eigenvalue weighted by atomic mass is 32.1. The number of morpholine rings is 1. The zero-order valence-corrected chi connectivity index (χ0v) is 20.6. The number of nitrogens with zero attached hydrogens (tertiary/aromatic N) is 5. The van der Waals surface area contributed by atoms with Crippen molar-refractivity contribution < 1.29 is 9.53 Å². The van der Waals surface area contributed by atoms with Crippen LogP contribution < -0.4 is 10.2 Å². The van der Waals surface area contributed by atoms with Gasteiger partial charge < -0.3 is 15.0 Å². The summed E-state index contributed by atoms with van der Waals surface area (Å²) >= 11 is 1.77. The summed E-state index contributed by atoms with van der Waals surface area (Å²) < 4.78 is 6.72. The molecule has 5 heterocycles. The molecule has 182 valence electrons. The number of carbonyl (C=O) groups is 1. The van der Waals surface area contributed by atoms with Crippen molar-refractivity contribution in [1.29, 1.82) is 0 Å². The van der Waals surface area contributed by atoms with Gasteiger partial charge in [0, 0.05) is 49.1 Å². The van der Waals surface area contributed by atoms with E-state index in [0.29, 0.717) is 19.0 Å². The highest BCUT2D eigenvalue weighted by Gasteiger charge is 2.26. The van der Waals surface area contributed by atoms with Crippen molar-refractivity contribution in [2.24, 2.45) is 5.92 Å². The Bertz CT molecular complexity index is 1360. The van der Waals surface area contributed by atoms with Crippen molar-refractivity contribution in [3.05, 3.63) is 35.3 Å². The first-order valence-electron chi connectivity index (χ1n) is 12.2. The molecule has 35 heavy (non-hydrogen) atoms. The molecule has 0 unspecified atom stereocenters. The molecule has 2 aliphatic heterocycles. The maximum absolute atomic E-state index is 12.2. The average molecular weight is 492 g/mol. The maximum atomic E-state index is 12.2. The minimum atomic E-state index is 0.0638. The van der Waals surface area contributed by atoms with Gasteiger partial charge in [-0.05, 0) is 31.5 Å². The normalized spacial score (nSPS) is 19.5. The predicted molar refractivity (Wildman–Crippen MR) is 138 cm³/mol. The fraction of sp³-hybridized carbons (Fsp3) is 0.440. The van der Waals surface area contributed by atoms with Crippen LogP contribution in [0.1, 0.15) is 17.7 Å². The summed E-state index contributed by atoms with van der Waals surface area (Å²) in [6, 6.07) is 8.28. The molecule has 0 bridgehead atoms. The van der Waals surface area contributed by atoms with E-state index in [1.165, 1.54) is 4.88 Å². The Morgan fingerprint density at radius 2 is 2.14 bits per heavy atom. The average Bonchev–Trinajstić information content (AvgIpc) is 3.55. The number of benzene rings is 1. The summed E-state index contributed by atoms with van der Waals surface area (Å²) in [7, 11) is 1.72. The zero-order chi connectivity index (χ0) is 23.8. The second-order valence-electron chi connectivity index (χ2n) is 9.22. The van der Waals surface area contributed by atoms with Gasteiger partial charge in [-0.1, -0.05) is 12.1 Å². The molecule has 0 aliphatic carbocycles. The van der Waals surface area contributed by atoms with E-state index in [1.807, 2.05) is 18.3 Å². The van der Waals surface area contributed by atoms with Gasteiger partial charge in [0.1, 0.15) is 0 Å². The number of aromatic amines is 1. The molecule has 3 aromatic heterocycles. The van der Waals surface area contributed by atoms with Crippen LogP contribution in [0.3, 0.4) is 0 Å². The van der Waals surface area contributed by atoms with Crippen LogP contribution >= 0.6 is 11.3 Å². The number of hydrogen-bond acceptors (Lipinski definition) is 8. The smallest absolute Gasteiger partial charge is 0.224 e. The topological polar surface area (TPSA) is 99.3 Å². The van der Waals surface area contributed by atoms with Gasteiger partial charge >= 0.3 is 0 Å². The van der Waals surface area contributed by atoms with E-state index < -0.39 is 0 Å². The SMILES string of the molecule is CNC(=O)[C@@H]1CCCN(Cc2cc3nc(-c4cccc5[nH]ncc45)nc(N4CCOCC4)c3s2)C1. The highest BCUT2D eigenvalue weighted by molar-refractivity contribution is 7.19. The number of anilines is 1. The van der Waals surface area contributed by atoms with E-state index >= 15 is 0 Å². The van der Waals surface area contributed by atoms with Crippen molar-refractivity contribution in [3.63, 3.8) is 0 Å². The third-order valence-corrected chi connectivity index (χ3v) is 8.05. The number of piperidine rings is 1. The van der Waals surface area contributed by atoms with Crippen LogP contribution in [0, 0.1) is 5.92 Å². The number of H-pyrrole nitrogens is 1. The number of hydrogen-bond donors (Lipinski definition) is 2. The van der Waals surface area contributed by atoms with Crippen LogP contribution in [-0.2, 0) is 16.1 Å². The number of amides is 1. The summed E-state index contributed by atoms with van der Waals surface area (Å²) in [4.78, 5) is 28.3. The summed E-state index contributed by atoms with van der Waals surface area (Å²) in [6.07, 6.45) is 3.84. The van der Waals surface area contributed by atoms with Crippen molar-refractivity contribution >= 4 is 44.2 Å². The Kier molecular flexibility index (Phi) is 6.09. The molecule has 2 aliphatic rings. The van der Waals surface area contributed by atoms with E-state index in [1.54, 1.807) is 18.4 Å². The van der Waals surface area contributed by atoms with Crippen LogP contribution in [0.15, 0.2) is 30.5 Å². The van der Waals surface area contributed by atoms with Gasteiger partial charge in [-0.15, -0.1) is 11.3 Å². The maximum Gasteiger partial charge on any atom is 0.224 e. The first-order chi connectivity index (χ1) is 17.2. The number of thiophene rings is 1. The lowest BCUT2D eigenvalue weighted by Gasteiger charge is -2.31. The number of nitrogens with one attached hydrogen (secondary N) is 2. The fourth-order valence-electron chi connectivity index (χ4n) is 5.15. The number of ether oxygens (including phenoxy) is 1. The van der Waals surface area contributed by atoms with Crippen molar-refractivity contribution in [2.45, 2.75) is 19.4 Å². The Balaban J connectivity index is 1.38. The standard InChI is InChI=1S/C25H29N7O2S/c1-26-25(33)16-4-3-7-31(14-16)15-17-12-21-22(35-17)24(32-8-10-34-11-9-32)29-23(28-21)18-5-2-6-20-19(18)13-27-30-20/h2,5-6,12-13,16H,3-4,7-11,14-15H2,1H3,(H,26,33)(H,27,30)/t16-/m1/s1. The number of likely N-dealkylation sites (tertiary alicyclic amines) is 1. The summed E-state index contributed by atoms with van der Waals surface area (Å²) in [5.74, 6) is 1.90. The van der Waals surface area contributed by atoms with E-state index in [4.69, 9.17) is 14.7 Å². The molecular formula is C25H29N7O2S. The molecule has 1 aromatic carbocycles. The molecule has 9 nitrogen and oxygen atoms in total. The number of carbonyl (C=O) groups excluding carboxylic acids is 1. The lowest BCUT2D eigenvalue weighted by molar-refractivity contribution is -0.126. The van der Waals surface area contributed by atoms with Gasteiger partial charge in [0.2, 0.25) is 5.91 Å². The summed E-state index contributed by atoms with van der Waals surface area (Å²) in [6.45, 7) is 5.66. The van der Waals surface area contributed by atoms with Gasteiger partial charge in [-0.3, -0.25) is 14.8 Å². The van der Waals surface area contributed by atoms with E-state index in [9.17, 15) is 4.79 Å². The van der Waals surface area contributed by atoms with Crippen molar-refractivity contribution in [2.75, 3.05) is 51.3 Å². The van der Waals surface area contributed by atoms with E-state index in [0.717, 1.165) is 78.1 Å². The Morgan fingerprint density at radius 1 is 1.26 bits per heavy atom. The second kappa shape index (κ2) is 9.52. The summed E-state index contributed by atoms with van der Waals surface area (Å²) in [5, 5.41) is 11.1. The molecule has 4 aromatic rings. The second-order valence-corrected chi connectivity index (χ2v) is 10.4. The number of rotatable bonds is 5. The van der Waals surface area contributed by atoms with E-state index in [2.05, 4.69) is 37.4 Å². The largest absolute Gasteiger partial charge is 0.378 e. The van der Waals surface area contributed by atoms with Gasteiger partial charge in [0.05, 0.1) is 41.1 Å². The molecule has 2 fully saturated rings. The first kappa shape index (κ1) is 22.4. The minimum Gasteiger partial charge on any atom is -0.378 e. The monoisotopic (exact) mass is 491 g/mol.